The normalized spacial score (nSPS) is 18.2. The number of nitrogens with zero attached hydrogens (tertiary/aromatic N) is 1. The Morgan fingerprint density at radius 3 is 1.76 bits per heavy atom. The van der Waals surface area contributed by atoms with Crippen molar-refractivity contribution in [2.45, 2.75) is 96.8 Å². The summed E-state index contributed by atoms with van der Waals surface area (Å²) < 4.78 is 15.0. The number of pyridine rings is 1. The lowest BCUT2D eigenvalue weighted by atomic mass is 9.87. The quantitative estimate of drug-likeness (QED) is 0.251. The Balaban J connectivity index is 0.000000172. The van der Waals surface area contributed by atoms with E-state index in [1.54, 1.807) is 11.6 Å². The van der Waals surface area contributed by atoms with E-state index in [4.69, 9.17) is 9.47 Å². The van der Waals surface area contributed by atoms with Gasteiger partial charge >= 0.3 is 0 Å². The lowest BCUT2D eigenvalue weighted by Gasteiger charge is -2.22. The van der Waals surface area contributed by atoms with E-state index < -0.39 is 0 Å². The molecule has 0 N–H and O–H groups in total. The molecule has 0 amide bonds. The molecular weight excluding hydrogens is 642 g/mol. The molecule has 244 valence electrons. The molecule has 2 aromatic carbocycles. The maximum atomic E-state index is 12.0. The largest absolute Gasteiger partial charge is 0.493 e. The van der Waals surface area contributed by atoms with E-state index in [-0.39, 0.29) is 5.56 Å². The van der Waals surface area contributed by atoms with Crippen LogP contribution < -0.4 is 15.0 Å². The molecular formula is C39H46BrNO5. The molecule has 4 aliphatic carbocycles. The van der Waals surface area contributed by atoms with Gasteiger partial charge in [-0.05, 0) is 104 Å². The number of hydrogen-bond acceptors (Lipinski definition) is 5. The molecule has 1 heterocycles. The lowest BCUT2D eigenvalue weighted by molar-refractivity contribution is -0.119. The molecule has 4 aliphatic rings. The van der Waals surface area contributed by atoms with Gasteiger partial charge in [-0.2, -0.15) is 0 Å². The van der Waals surface area contributed by atoms with Gasteiger partial charge in [0.25, 0.3) is 5.56 Å². The maximum absolute atomic E-state index is 12.0. The molecule has 2 fully saturated rings. The molecule has 1 aromatic heterocycles. The number of aromatic nitrogens is 1. The average molecular weight is 689 g/mol. The van der Waals surface area contributed by atoms with Crippen LogP contribution in [0.25, 0.3) is 11.1 Å². The summed E-state index contributed by atoms with van der Waals surface area (Å²) in [6.45, 7) is 3.38. The summed E-state index contributed by atoms with van der Waals surface area (Å²) in [4.78, 5) is 35.7. The number of aryl methyl sites for hydroxylation is 4. The highest BCUT2D eigenvalue weighted by Crippen LogP contribution is 2.36. The molecule has 0 radical (unpaired) electrons. The van der Waals surface area contributed by atoms with Crippen LogP contribution in [0.5, 0.6) is 11.5 Å². The van der Waals surface area contributed by atoms with Gasteiger partial charge < -0.3 is 14.0 Å². The minimum Gasteiger partial charge on any atom is -0.493 e. The topological polar surface area (TPSA) is 74.6 Å². The first-order valence-corrected chi connectivity index (χ1v) is 18.0. The second kappa shape index (κ2) is 14.7. The summed E-state index contributed by atoms with van der Waals surface area (Å²) in [5.74, 6) is 3.73. The number of Topliss-reactive ketones (excluding diaryl/α,β-unsaturated/α-hetero) is 2. The molecule has 0 atom stereocenters. The number of carbonyl (C=O) groups is 2. The summed E-state index contributed by atoms with van der Waals surface area (Å²) in [5, 5.41) is 0. The second-order valence-electron chi connectivity index (χ2n) is 13.8. The molecule has 7 heteroatoms. The van der Waals surface area contributed by atoms with Gasteiger partial charge in [0.1, 0.15) is 23.1 Å². The summed E-state index contributed by atoms with van der Waals surface area (Å²) in [6, 6.07) is 10.3. The molecule has 46 heavy (non-hydrogen) atoms. The van der Waals surface area contributed by atoms with Crippen molar-refractivity contribution in [1.29, 1.82) is 0 Å². The van der Waals surface area contributed by atoms with Crippen molar-refractivity contribution < 1.29 is 19.1 Å². The minimum atomic E-state index is 0.0278. The molecule has 7 rings (SSSR count). The fourth-order valence-corrected chi connectivity index (χ4v) is 8.05. The van der Waals surface area contributed by atoms with Gasteiger partial charge in [-0.1, -0.05) is 47.7 Å². The van der Waals surface area contributed by atoms with Gasteiger partial charge in [-0.3, -0.25) is 14.4 Å². The van der Waals surface area contributed by atoms with Crippen molar-refractivity contribution >= 4 is 27.5 Å². The molecule has 6 nitrogen and oxygen atoms in total. The number of ketones is 2. The fourth-order valence-electron chi connectivity index (χ4n) is 7.56. The molecule has 2 saturated carbocycles. The fraction of sp³-hybridized carbons (Fsp3) is 0.513. The van der Waals surface area contributed by atoms with Crippen molar-refractivity contribution in [3.8, 4) is 22.6 Å². The van der Waals surface area contributed by atoms with Crippen LogP contribution in [0.2, 0.25) is 0 Å². The smallest absolute Gasteiger partial charge is 0.253 e. The molecule has 0 spiro atoms. The highest BCUT2D eigenvalue weighted by atomic mass is 79.9. The first-order chi connectivity index (χ1) is 22.2. The molecule has 3 aromatic rings. The van der Waals surface area contributed by atoms with Crippen LogP contribution in [-0.2, 0) is 42.3 Å². The van der Waals surface area contributed by atoms with E-state index in [0.717, 1.165) is 69.8 Å². The van der Waals surface area contributed by atoms with Crippen molar-refractivity contribution in [3.05, 3.63) is 79.2 Å². The number of halogens is 1. The van der Waals surface area contributed by atoms with E-state index in [1.165, 1.54) is 62.5 Å². The Morgan fingerprint density at radius 1 is 0.696 bits per heavy atom. The molecule has 0 bridgehead atoms. The van der Waals surface area contributed by atoms with E-state index >= 15 is 0 Å². The monoisotopic (exact) mass is 687 g/mol. The van der Waals surface area contributed by atoms with Crippen molar-refractivity contribution in [2.75, 3.05) is 13.2 Å². The van der Waals surface area contributed by atoms with Crippen LogP contribution in [0.1, 0.15) is 92.0 Å². The Labute approximate surface area is 281 Å². The van der Waals surface area contributed by atoms with Crippen LogP contribution in [-0.4, -0.2) is 29.3 Å². The average Bonchev–Trinajstić information content (AvgIpc) is 3.77. The number of ether oxygens (including phenoxy) is 2. The third-order valence-electron chi connectivity index (χ3n) is 10.3. The van der Waals surface area contributed by atoms with Crippen LogP contribution in [0, 0.1) is 18.8 Å². The Morgan fingerprint density at radius 2 is 1.22 bits per heavy atom. The van der Waals surface area contributed by atoms with Crippen LogP contribution in [0.3, 0.4) is 0 Å². The SMILES string of the molecule is Cc1cc(-c2cc3c(c(OCC4CCCC4)c2)CC(=O)CC3)cn(C)c1=O.O=C1CCc2cc(Br)cc(OCC3CCCC3)c2C1. The second-order valence-corrected chi connectivity index (χ2v) is 14.8. The zero-order valence-electron chi connectivity index (χ0n) is 27.3. The summed E-state index contributed by atoms with van der Waals surface area (Å²) in [5.41, 5.74) is 7.50. The Hall–Kier alpha value is -3.19. The van der Waals surface area contributed by atoms with Gasteiger partial charge in [0.05, 0.1) is 13.2 Å². The minimum absolute atomic E-state index is 0.0278. The predicted molar refractivity (Wildman–Crippen MR) is 185 cm³/mol. The van der Waals surface area contributed by atoms with Gasteiger partial charge in [-0.25, -0.2) is 0 Å². The Kier molecular flexibility index (Phi) is 10.5. The van der Waals surface area contributed by atoms with Gasteiger partial charge in [0.15, 0.2) is 0 Å². The van der Waals surface area contributed by atoms with Crippen molar-refractivity contribution in [3.63, 3.8) is 0 Å². The van der Waals surface area contributed by atoms with E-state index in [1.807, 2.05) is 25.3 Å². The zero-order chi connectivity index (χ0) is 32.2. The highest BCUT2D eigenvalue weighted by Gasteiger charge is 2.24. The summed E-state index contributed by atoms with van der Waals surface area (Å²) >= 11 is 3.54. The van der Waals surface area contributed by atoms with Gasteiger partial charge in [0.2, 0.25) is 0 Å². The Bertz CT molecular complexity index is 1640. The molecule has 0 aliphatic heterocycles. The standard InChI is InChI=1S/C23H27NO3.C16H19BrO2/c1-15-9-19(13-24(2)23(15)26)18-10-17-7-8-20(25)12-21(17)22(11-18)27-14-16-5-3-4-6-16;17-13-7-12-5-6-14(18)9-15(12)16(8-13)19-10-11-3-1-2-4-11/h9-11,13,16H,3-8,12,14H2,1-2H3;7-8,11H,1-6,9-10H2. The zero-order valence-corrected chi connectivity index (χ0v) is 28.9. The molecule has 0 saturated heterocycles. The third-order valence-corrected chi connectivity index (χ3v) is 10.7. The van der Waals surface area contributed by atoms with E-state index in [0.29, 0.717) is 49.1 Å². The first-order valence-electron chi connectivity index (χ1n) is 17.2. The van der Waals surface area contributed by atoms with Crippen molar-refractivity contribution in [1.82, 2.24) is 4.57 Å². The summed E-state index contributed by atoms with van der Waals surface area (Å²) in [6.07, 6.45) is 16.1. The lowest BCUT2D eigenvalue weighted by Crippen LogP contribution is -2.19. The summed E-state index contributed by atoms with van der Waals surface area (Å²) in [7, 11) is 1.79. The predicted octanol–water partition coefficient (Wildman–Crippen LogP) is 8.06. The maximum Gasteiger partial charge on any atom is 0.253 e. The number of carbonyl (C=O) groups excluding carboxylic acids is 2. The van der Waals surface area contributed by atoms with E-state index in [9.17, 15) is 14.4 Å². The van der Waals surface area contributed by atoms with Gasteiger partial charge in [-0.15, -0.1) is 0 Å². The van der Waals surface area contributed by atoms with Gasteiger partial charge in [0, 0.05) is 60.1 Å². The van der Waals surface area contributed by atoms with Crippen LogP contribution >= 0.6 is 15.9 Å². The first kappa shape index (κ1) is 32.7. The molecule has 0 unspecified atom stereocenters. The highest BCUT2D eigenvalue weighted by molar-refractivity contribution is 9.10. The third kappa shape index (κ3) is 7.84. The number of fused-ring (bicyclic) bond motifs is 2. The number of benzene rings is 2. The number of hydrogen-bond donors (Lipinski definition) is 0. The van der Waals surface area contributed by atoms with E-state index in [2.05, 4.69) is 34.1 Å². The number of rotatable bonds is 7. The van der Waals surface area contributed by atoms with Crippen LogP contribution in [0.4, 0.5) is 0 Å². The van der Waals surface area contributed by atoms with Crippen LogP contribution in [0.15, 0.2) is 45.8 Å². The van der Waals surface area contributed by atoms with Crippen molar-refractivity contribution in [2.24, 2.45) is 18.9 Å².